The molecule has 0 heterocycles. The minimum Gasteiger partial charge on any atom is -0.494 e. The van der Waals surface area contributed by atoms with Crippen LogP contribution in [0, 0.1) is 0 Å². The van der Waals surface area contributed by atoms with Crippen molar-refractivity contribution in [3.63, 3.8) is 0 Å². The van der Waals surface area contributed by atoms with E-state index < -0.39 is 69.6 Å². The fraction of sp³-hybridized carbons (Fsp3) is 0.167. The largest absolute Gasteiger partial charge is 0.494 e. The van der Waals surface area contributed by atoms with Gasteiger partial charge < -0.3 is 14.0 Å². The first-order chi connectivity index (χ1) is 17.6. The second-order valence-corrected chi connectivity index (χ2v) is 10.9. The predicted molar refractivity (Wildman–Crippen MR) is 128 cm³/mol. The maximum Gasteiger partial charge on any atom is 0.417 e. The van der Waals surface area contributed by atoms with Crippen molar-refractivity contribution in [3.8, 4) is 11.5 Å². The summed E-state index contributed by atoms with van der Waals surface area (Å²) in [6.45, 7) is 0. The van der Waals surface area contributed by atoms with Crippen LogP contribution in [0.5, 0.6) is 11.5 Å². The second kappa shape index (κ2) is 10.6. The average molecular weight is 599 g/mol. The molecule has 38 heavy (non-hydrogen) atoms. The minimum atomic E-state index is -5.57. The zero-order chi connectivity index (χ0) is 28.6. The van der Waals surface area contributed by atoms with Gasteiger partial charge in [-0.05, 0) is 18.2 Å². The van der Waals surface area contributed by atoms with Crippen LogP contribution in [-0.2, 0) is 16.9 Å². The third-order valence-corrected chi connectivity index (χ3v) is 8.52. The first kappa shape index (κ1) is 29.5. The van der Waals surface area contributed by atoms with Gasteiger partial charge in [-0.15, -0.1) is 0 Å². The second-order valence-electron chi connectivity index (χ2n) is 7.56. The summed E-state index contributed by atoms with van der Waals surface area (Å²) in [5, 5.41) is -1.30. The maximum absolute atomic E-state index is 14.5. The van der Waals surface area contributed by atoms with Crippen molar-refractivity contribution < 1.29 is 50.0 Å². The van der Waals surface area contributed by atoms with Crippen LogP contribution in [0.15, 0.2) is 54.6 Å². The lowest BCUT2D eigenvalue weighted by molar-refractivity contribution is -0.143. The van der Waals surface area contributed by atoms with Gasteiger partial charge in [-0.3, -0.25) is 9.59 Å². The summed E-state index contributed by atoms with van der Waals surface area (Å²) in [7, 11) is -3.51. The normalized spacial score (nSPS) is 13.5. The molecular formula is C24H15Cl2F6O5P. The number of carbonyl (C=O) groups is 2. The van der Waals surface area contributed by atoms with Gasteiger partial charge in [0.1, 0.15) is 5.56 Å². The number of alkyl halides is 6. The zero-order valence-electron chi connectivity index (χ0n) is 19.2. The Kier molecular flexibility index (Phi) is 8.27. The number of rotatable bonds is 7. The SMILES string of the molecule is COc1c(Cl)cc(Cl)c(OC)c1C(=O)P(=O)(C(=O)c1c(C(F)(F)F)cccc1C(F)(F)F)c1ccccc1. The number of methoxy groups -OCH3 is 2. The summed E-state index contributed by atoms with van der Waals surface area (Å²) in [6, 6.07) is 7.65. The fourth-order valence-corrected chi connectivity index (χ4v) is 6.65. The third-order valence-electron chi connectivity index (χ3n) is 5.34. The van der Waals surface area contributed by atoms with Crippen LogP contribution in [0.3, 0.4) is 0 Å². The first-order valence-electron chi connectivity index (χ1n) is 10.2. The topological polar surface area (TPSA) is 69.7 Å². The minimum absolute atomic E-state index is 0.222. The number of carbonyl (C=O) groups excluding carboxylic acids is 2. The number of ether oxygens (including phenoxy) is 2. The molecule has 0 spiro atoms. The Hall–Kier alpha value is -3.01. The van der Waals surface area contributed by atoms with Crippen molar-refractivity contribution in [2.45, 2.75) is 12.4 Å². The molecule has 0 aromatic heterocycles. The molecule has 0 saturated heterocycles. The molecule has 0 bridgehead atoms. The van der Waals surface area contributed by atoms with Gasteiger partial charge in [0.05, 0.1) is 41.0 Å². The number of halogens is 8. The van der Waals surface area contributed by atoms with Crippen LogP contribution >= 0.6 is 30.3 Å². The highest BCUT2D eigenvalue weighted by Crippen LogP contribution is 2.57. The quantitative estimate of drug-likeness (QED) is 0.206. The Labute approximate surface area is 221 Å². The first-order valence-corrected chi connectivity index (χ1v) is 12.7. The molecule has 0 radical (unpaired) electrons. The lowest BCUT2D eigenvalue weighted by atomic mass is 10.0. The molecule has 0 aliphatic rings. The summed E-state index contributed by atoms with van der Waals surface area (Å²) in [4.78, 5) is 27.7. The summed E-state index contributed by atoms with van der Waals surface area (Å²) in [5.41, 5.74) is -10.7. The molecule has 202 valence electrons. The lowest BCUT2D eigenvalue weighted by Gasteiger charge is -2.23. The van der Waals surface area contributed by atoms with Gasteiger partial charge in [0, 0.05) is 5.30 Å². The molecule has 3 aromatic rings. The number of hydrogen-bond acceptors (Lipinski definition) is 5. The average Bonchev–Trinajstić information content (AvgIpc) is 2.86. The van der Waals surface area contributed by atoms with Crippen LogP contribution in [0.2, 0.25) is 10.0 Å². The van der Waals surface area contributed by atoms with E-state index in [9.17, 15) is 40.5 Å². The van der Waals surface area contributed by atoms with E-state index in [1.54, 1.807) is 0 Å². The van der Waals surface area contributed by atoms with E-state index in [0.29, 0.717) is 6.07 Å². The van der Waals surface area contributed by atoms with Gasteiger partial charge in [0.2, 0.25) is 18.2 Å². The molecule has 3 aromatic carbocycles. The molecule has 0 amide bonds. The molecular weight excluding hydrogens is 584 g/mol. The van der Waals surface area contributed by atoms with E-state index in [2.05, 4.69) is 0 Å². The molecule has 1 unspecified atom stereocenters. The smallest absolute Gasteiger partial charge is 0.417 e. The van der Waals surface area contributed by atoms with E-state index in [1.807, 2.05) is 0 Å². The standard InChI is InChI=1S/C24H15Cl2F6O5P/c1-36-19-15(25)11-16(26)20(37-2)18(19)22(34)38(35,12-7-4-3-5-8-12)21(33)17-13(23(27,28)29)9-6-10-14(17)24(30,31)32/h3-11H,1-2H3. The Bertz CT molecular complexity index is 1390. The van der Waals surface area contributed by atoms with Crippen molar-refractivity contribution in [2.24, 2.45) is 0 Å². The monoisotopic (exact) mass is 598 g/mol. The summed E-state index contributed by atoms with van der Waals surface area (Å²) >= 11 is 12.2. The molecule has 0 aliphatic heterocycles. The molecule has 3 rings (SSSR count). The van der Waals surface area contributed by atoms with Crippen LogP contribution in [-0.4, -0.2) is 25.3 Å². The van der Waals surface area contributed by atoms with Crippen molar-refractivity contribution >= 4 is 46.7 Å². The Morgan fingerprint density at radius 3 is 1.53 bits per heavy atom. The summed E-state index contributed by atoms with van der Waals surface area (Å²) < 4.78 is 108. The van der Waals surface area contributed by atoms with Crippen LogP contribution in [0.25, 0.3) is 0 Å². The Morgan fingerprint density at radius 1 is 0.711 bits per heavy atom. The van der Waals surface area contributed by atoms with E-state index in [-0.39, 0.29) is 22.2 Å². The predicted octanol–water partition coefficient (Wildman–Crippen LogP) is 7.72. The van der Waals surface area contributed by atoms with Crippen molar-refractivity contribution in [1.82, 2.24) is 0 Å². The highest BCUT2D eigenvalue weighted by Gasteiger charge is 2.51. The van der Waals surface area contributed by atoms with Crippen molar-refractivity contribution in [1.29, 1.82) is 0 Å². The van der Waals surface area contributed by atoms with Gasteiger partial charge >= 0.3 is 12.4 Å². The molecule has 0 aliphatic carbocycles. The van der Waals surface area contributed by atoms with Crippen molar-refractivity contribution in [2.75, 3.05) is 14.2 Å². The molecule has 0 fully saturated rings. The zero-order valence-corrected chi connectivity index (χ0v) is 21.6. The lowest BCUT2D eigenvalue weighted by Crippen LogP contribution is -2.26. The van der Waals surface area contributed by atoms with Gasteiger partial charge in [0.25, 0.3) is 0 Å². The molecule has 0 N–H and O–H groups in total. The number of hydrogen-bond donors (Lipinski definition) is 0. The molecule has 5 nitrogen and oxygen atoms in total. The Morgan fingerprint density at radius 2 is 1.13 bits per heavy atom. The van der Waals surface area contributed by atoms with E-state index in [4.69, 9.17) is 32.7 Å². The van der Waals surface area contributed by atoms with Gasteiger partial charge in [0.15, 0.2) is 11.5 Å². The molecule has 1 atom stereocenters. The molecule has 0 saturated carbocycles. The van der Waals surface area contributed by atoms with Crippen molar-refractivity contribution in [3.05, 3.63) is 86.9 Å². The van der Waals surface area contributed by atoms with E-state index in [1.165, 1.54) is 18.2 Å². The number of benzene rings is 3. The van der Waals surface area contributed by atoms with Gasteiger partial charge in [-0.1, -0.05) is 59.6 Å². The van der Waals surface area contributed by atoms with Gasteiger partial charge in [-0.25, -0.2) is 0 Å². The van der Waals surface area contributed by atoms with Crippen LogP contribution in [0.1, 0.15) is 31.8 Å². The van der Waals surface area contributed by atoms with E-state index >= 15 is 0 Å². The van der Waals surface area contributed by atoms with Crippen LogP contribution in [0.4, 0.5) is 26.3 Å². The van der Waals surface area contributed by atoms with Gasteiger partial charge in [-0.2, -0.15) is 26.3 Å². The van der Waals surface area contributed by atoms with E-state index in [0.717, 1.165) is 32.4 Å². The molecule has 14 heteroatoms. The third kappa shape index (κ3) is 5.15. The summed E-state index contributed by atoms with van der Waals surface area (Å²) in [5.74, 6) is -1.02. The fourth-order valence-electron chi connectivity index (χ4n) is 3.71. The highest BCUT2D eigenvalue weighted by molar-refractivity contribution is 8.01. The highest BCUT2D eigenvalue weighted by atomic mass is 35.5. The summed E-state index contributed by atoms with van der Waals surface area (Å²) in [6.07, 6.45) is -11.0. The van der Waals surface area contributed by atoms with Crippen LogP contribution < -0.4 is 14.8 Å². The Balaban J connectivity index is 2.50. The maximum atomic E-state index is 14.5.